The number of anilines is 2. The summed E-state index contributed by atoms with van der Waals surface area (Å²) in [5.74, 6) is -0.299. The highest BCUT2D eigenvalue weighted by atomic mass is 35.5. The van der Waals surface area contributed by atoms with Crippen LogP contribution >= 0.6 is 11.6 Å². The molecule has 1 aliphatic carbocycles. The lowest BCUT2D eigenvalue weighted by Gasteiger charge is -2.32. The van der Waals surface area contributed by atoms with E-state index in [1.807, 2.05) is 11.0 Å². The molecule has 0 radical (unpaired) electrons. The summed E-state index contributed by atoms with van der Waals surface area (Å²) in [6.07, 6.45) is 9.39. The Bertz CT molecular complexity index is 813. The van der Waals surface area contributed by atoms with Gasteiger partial charge < -0.3 is 20.1 Å². The molecule has 0 aliphatic heterocycles. The summed E-state index contributed by atoms with van der Waals surface area (Å²) in [7, 11) is 1.64. The van der Waals surface area contributed by atoms with Gasteiger partial charge in [0.05, 0.1) is 40.9 Å². The number of halogens is 1. The van der Waals surface area contributed by atoms with Crippen LogP contribution in [0.5, 0.6) is 0 Å². The molecule has 1 fully saturated rings. The molecule has 29 heavy (non-hydrogen) atoms. The number of benzene rings is 1. The minimum Gasteiger partial charge on any atom is -0.388 e. The summed E-state index contributed by atoms with van der Waals surface area (Å²) in [6.45, 7) is 1.28. The topological polar surface area (TPSA) is 87.6 Å². The lowest BCUT2D eigenvalue weighted by atomic mass is 9.85. The van der Waals surface area contributed by atoms with Crippen molar-refractivity contribution in [1.82, 2.24) is 15.3 Å². The van der Waals surface area contributed by atoms with Gasteiger partial charge in [-0.05, 0) is 31.0 Å². The molecule has 0 saturated heterocycles. The molecular weight excluding hydrogens is 392 g/mol. The van der Waals surface area contributed by atoms with E-state index in [4.69, 9.17) is 16.3 Å². The van der Waals surface area contributed by atoms with E-state index in [0.717, 1.165) is 30.6 Å². The Morgan fingerprint density at radius 2 is 1.97 bits per heavy atom. The molecule has 1 heterocycles. The number of aliphatic hydroxyl groups is 1. The maximum Gasteiger partial charge on any atom is 0.252 e. The fourth-order valence-corrected chi connectivity index (χ4v) is 3.81. The van der Waals surface area contributed by atoms with E-state index < -0.39 is 5.60 Å². The number of methoxy groups -OCH3 is 1. The van der Waals surface area contributed by atoms with E-state index in [9.17, 15) is 9.90 Å². The van der Waals surface area contributed by atoms with E-state index in [0.29, 0.717) is 36.6 Å². The molecule has 1 aliphatic rings. The van der Waals surface area contributed by atoms with Gasteiger partial charge in [0.25, 0.3) is 5.91 Å². The predicted octanol–water partition coefficient (Wildman–Crippen LogP) is 3.34. The zero-order chi connectivity index (χ0) is 20.7. The molecule has 1 aromatic heterocycles. The van der Waals surface area contributed by atoms with Crippen LogP contribution in [0.4, 0.5) is 11.4 Å². The highest BCUT2D eigenvalue weighted by Gasteiger charge is 2.30. The molecule has 1 saturated carbocycles. The summed E-state index contributed by atoms with van der Waals surface area (Å²) < 4.78 is 5.22. The van der Waals surface area contributed by atoms with Gasteiger partial charge in [0.15, 0.2) is 0 Å². The van der Waals surface area contributed by atoms with Crippen LogP contribution in [0.3, 0.4) is 0 Å². The van der Waals surface area contributed by atoms with Crippen molar-refractivity contribution in [3.8, 4) is 0 Å². The maximum atomic E-state index is 12.8. The molecule has 0 unspecified atom stereocenters. The average molecular weight is 419 g/mol. The molecule has 156 valence electrons. The first-order chi connectivity index (χ1) is 14.0. The van der Waals surface area contributed by atoms with Crippen molar-refractivity contribution >= 4 is 28.9 Å². The Balaban J connectivity index is 1.79. The molecule has 1 aromatic carbocycles. The highest BCUT2D eigenvalue weighted by molar-refractivity contribution is 6.34. The normalized spacial score (nSPS) is 15.7. The third-order valence-corrected chi connectivity index (χ3v) is 5.58. The van der Waals surface area contributed by atoms with Crippen LogP contribution in [0.25, 0.3) is 0 Å². The lowest BCUT2D eigenvalue weighted by molar-refractivity contribution is 0.00526. The lowest BCUT2D eigenvalue weighted by Crippen LogP contribution is -2.44. The van der Waals surface area contributed by atoms with Crippen LogP contribution < -0.4 is 10.2 Å². The van der Waals surface area contributed by atoms with E-state index in [1.165, 1.54) is 6.33 Å². The smallest absolute Gasteiger partial charge is 0.252 e. The molecule has 8 heteroatoms. The van der Waals surface area contributed by atoms with Gasteiger partial charge in [0.1, 0.15) is 6.33 Å². The first-order valence-corrected chi connectivity index (χ1v) is 10.2. The first kappa shape index (κ1) is 21.5. The Morgan fingerprint density at radius 3 is 2.66 bits per heavy atom. The monoisotopic (exact) mass is 418 g/mol. The molecule has 2 N–H and O–H groups in total. The second-order valence-corrected chi connectivity index (χ2v) is 7.78. The van der Waals surface area contributed by atoms with Crippen molar-refractivity contribution in [2.45, 2.75) is 37.7 Å². The summed E-state index contributed by atoms with van der Waals surface area (Å²) in [4.78, 5) is 22.9. The fourth-order valence-electron chi connectivity index (χ4n) is 3.60. The van der Waals surface area contributed by atoms with Crippen LogP contribution in [-0.2, 0) is 4.74 Å². The van der Waals surface area contributed by atoms with Crippen molar-refractivity contribution in [3.63, 3.8) is 0 Å². The standard InChI is InChI=1S/C21H27ClN4O3/c1-29-10-9-26(17-12-23-15-24-13-17)16-5-6-19(22)18(11-16)20(27)25-14-21(28)7-3-2-4-8-21/h5-6,11-13,15,28H,2-4,7-10,14H2,1H3,(H,25,27). The van der Waals surface area contributed by atoms with Gasteiger partial charge in [-0.25, -0.2) is 9.97 Å². The zero-order valence-electron chi connectivity index (χ0n) is 16.6. The molecular formula is C21H27ClN4O3. The summed E-state index contributed by atoms with van der Waals surface area (Å²) in [5.41, 5.74) is 1.10. The number of nitrogens with one attached hydrogen (secondary N) is 1. The number of ether oxygens (including phenoxy) is 1. The number of carbonyl (C=O) groups excluding carboxylic acids is 1. The first-order valence-electron chi connectivity index (χ1n) is 9.84. The van der Waals surface area contributed by atoms with Gasteiger partial charge in [-0.3, -0.25) is 4.79 Å². The molecule has 0 atom stereocenters. The summed E-state index contributed by atoms with van der Waals surface area (Å²) in [5, 5.41) is 13.9. The van der Waals surface area contributed by atoms with E-state index in [-0.39, 0.29) is 12.5 Å². The molecule has 2 aromatic rings. The highest BCUT2D eigenvalue weighted by Crippen LogP contribution is 2.30. The van der Waals surface area contributed by atoms with Gasteiger partial charge in [-0.15, -0.1) is 0 Å². The summed E-state index contributed by atoms with van der Waals surface area (Å²) >= 11 is 6.31. The van der Waals surface area contributed by atoms with Gasteiger partial charge in [-0.2, -0.15) is 0 Å². The van der Waals surface area contributed by atoms with Crippen molar-refractivity contribution in [1.29, 1.82) is 0 Å². The number of carbonyl (C=O) groups is 1. The largest absolute Gasteiger partial charge is 0.388 e. The van der Waals surface area contributed by atoms with Crippen molar-refractivity contribution in [3.05, 3.63) is 47.5 Å². The van der Waals surface area contributed by atoms with E-state index in [2.05, 4.69) is 15.3 Å². The maximum absolute atomic E-state index is 12.8. The molecule has 1 amide bonds. The quantitative estimate of drug-likeness (QED) is 0.683. The van der Waals surface area contributed by atoms with Gasteiger partial charge in [0.2, 0.25) is 0 Å². The number of rotatable bonds is 8. The Morgan fingerprint density at radius 1 is 1.24 bits per heavy atom. The van der Waals surface area contributed by atoms with Crippen LogP contribution in [0.2, 0.25) is 5.02 Å². The SMILES string of the molecule is COCCN(c1cncnc1)c1ccc(Cl)c(C(=O)NCC2(O)CCCCC2)c1. The van der Waals surface area contributed by atoms with E-state index >= 15 is 0 Å². The second-order valence-electron chi connectivity index (χ2n) is 7.37. The molecule has 0 spiro atoms. The summed E-state index contributed by atoms with van der Waals surface area (Å²) in [6, 6.07) is 5.28. The number of amides is 1. The minimum absolute atomic E-state index is 0.228. The third kappa shape index (κ3) is 5.65. The Kier molecular flexibility index (Phi) is 7.41. The number of aromatic nitrogens is 2. The number of hydrogen-bond donors (Lipinski definition) is 2. The van der Waals surface area contributed by atoms with Gasteiger partial charge in [0, 0.05) is 25.9 Å². The predicted molar refractivity (Wildman–Crippen MR) is 113 cm³/mol. The zero-order valence-corrected chi connectivity index (χ0v) is 17.4. The molecule has 0 bridgehead atoms. The van der Waals surface area contributed by atoms with Crippen LogP contribution in [0.1, 0.15) is 42.5 Å². The van der Waals surface area contributed by atoms with Crippen LogP contribution in [-0.4, -0.2) is 53.4 Å². The van der Waals surface area contributed by atoms with E-state index in [1.54, 1.807) is 31.6 Å². The Labute approximate surface area is 176 Å². The van der Waals surface area contributed by atoms with Gasteiger partial charge in [-0.1, -0.05) is 30.9 Å². The number of nitrogens with zero attached hydrogens (tertiary/aromatic N) is 3. The van der Waals surface area contributed by atoms with Crippen LogP contribution in [0, 0.1) is 0 Å². The second kappa shape index (κ2) is 10.0. The minimum atomic E-state index is -0.829. The molecule has 7 nitrogen and oxygen atoms in total. The van der Waals surface area contributed by atoms with Gasteiger partial charge >= 0.3 is 0 Å². The van der Waals surface area contributed by atoms with Crippen molar-refractivity contribution in [2.24, 2.45) is 0 Å². The van der Waals surface area contributed by atoms with Crippen LogP contribution in [0.15, 0.2) is 36.9 Å². The third-order valence-electron chi connectivity index (χ3n) is 5.25. The fraction of sp³-hybridized carbons (Fsp3) is 0.476. The number of hydrogen-bond acceptors (Lipinski definition) is 6. The van der Waals surface area contributed by atoms with Crippen molar-refractivity contribution < 1.29 is 14.6 Å². The van der Waals surface area contributed by atoms with Crippen molar-refractivity contribution in [2.75, 3.05) is 31.7 Å². The Hall–Kier alpha value is -2.22. The average Bonchev–Trinajstić information content (AvgIpc) is 2.74. The molecule has 3 rings (SSSR count).